The molecule has 2 aromatic rings. The van der Waals surface area contributed by atoms with Crippen LogP contribution in [0.4, 0.5) is 10.5 Å². The molecule has 0 atom stereocenters. The minimum absolute atomic E-state index is 0.103. The Morgan fingerprint density at radius 1 is 1.12 bits per heavy atom. The zero-order chi connectivity index (χ0) is 17.8. The van der Waals surface area contributed by atoms with Crippen molar-refractivity contribution in [3.05, 3.63) is 64.0 Å². The van der Waals surface area contributed by atoms with E-state index in [1.807, 2.05) is 12.1 Å². The standard InChI is InChI=1S/C18H15ClN2O3S/c1-24-15-8-2-12(3-9-15)10-16-17(22)21(18(23)25-16)11-20-14-6-4-13(19)5-7-14/h2-10,20H,11H2,1H3/b16-10+. The molecular formula is C18H15ClN2O3S. The molecule has 0 radical (unpaired) electrons. The summed E-state index contributed by atoms with van der Waals surface area (Å²) in [6, 6.07) is 14.3. The van der Waals surface area contributed by atoms with Gasteiger partial charge < -0.3 is 10.1 Å². The highest BCUT2D eigenvalue weighted by Crippen LogP contribution is 2.32. The van der Waals surface area contributed by atoms with Gasteiger partial charge in [0.15, 0.2) is 0 Å². The Kier molecular flexibility index (Phi) is 5.31. The van der Waals surface area contributed by atoms with Crippen molar-refractivity contribution < 1.29 is 14.3 Å². The third-order valence-corrected chi connectivity index (χ3v) is 4.73. The maximum Gasteiger partial charge on any atom is 0.295 e. The van der Waals surface area contributed by atoms with Crippen molar-refractivity contribution in [3.8, 4) is 5.75 Å². The van der Waals surface area contributed by atoms with E-state index in [1.54, 1.807) is 49.6 Å². The smallest absolute Gasteiger partial charge is 0.295 e. The lowest BCUT2D eigenvalue weighted by Gasteiger charge is -2.14. The van der Waals surface area contributed by atoms with Crippen molar-refractivity contribution in [2.45, 2.75) is 0 Å². The second-order valence-electron chi connectivity index (χ2n) is 5.22. The van der Waals surface area contributed by atoms with Crippen LogP contribution in [0, 0.1) is 0 Å². The Labute approximate surface area is 154 Å². The van der Waals surface area contributed by atoms with Crippen molar-refractivity contribution in [2.24, 2.45) is 0 Å². The van der Waals surface area contributed by atoms with E-state index in [1.165, 1.54) is 4.90 Å². The molecule has 1 fully saturated rings. The van der Waals surface area contributed by atoms with Crippen molar-refractivity contribution in [2.75, 3.05) is 19.1 Å². The molecule has 1 heterocycles. The van der Waals surface area contributed by atoms with E-state index < -0.39 is 0 Å². The van der Waals surface area contributed by atoms with Crippen LogP contribution in [0.25, 0.3) is 6.08 Å². The summed E-state index contributed by atoms with van der Waals surface area (Å²) >= 11 is 6.77. The van der Waals surface area contributed by atoms with Gasteiger partial charge in [0.25, 0.3) is 11.1 Å². The van der Waals surface area contributed by atoms with Gasteiger partial charge in [0.1, 0.15) is 5.75 Å². The number of carbonyl (C=O) groups is 2. The van der Waals surface area contributed by atoms with Gasteiger partial charge in [-0.15, -0.1) is 0 Å². The van der Waals surface area contributed by atoms with E-state index in [9.17, 15) is 9.59 Å². The number of nitrogens with one attached hydrogen (secondary N) is 1. The van der Waals surface area contributed by atoms with E-state index in [0.29, 0.717) is 9.93 Å². The van der Waals surface area contributed by atoms with Gasteiger partial charge in [-0.25, -0.2) is 0 Å². The van der Waals surface area contributed by atoms with Crippen LogP contribution >= 0.6 is 23.4 Å². The number of hydrogen-bond donors (Lipinski definition) is 1. The minimum atomic E-state index is -0.313. The first-order valence-corrected chi connectivity index (χ1v) is 8.65. The molecule has 0 bridgehead atoms. The molecule has 0 aliphatic carbocycles. The van der Waals surface area contributed by atoms with Crippen LogP contribution in [0.2, 0.25) is 5.02 Å². The molecule has 0 spiro atoms. The van der Waals surface area contributed by atoms with E-state index in [-0.39, 0.29) is 17.8 Å². The first-order valence-electron chi connectivity index (χ1n) is 7.45. The van der Waals surface area contributed by atoms with Crippen molar-refractivity contribution >= 4 is 46.3 Å². The minimum Gasteiger partial charge on any atom is -0.497 e. The van der Waals surface area contributed by atoms with Crippen molar-refractivity contribution in [1.82, 2.24) is 4.90 Å². The Morgan fingerprint density at radius 3 is 2.44 bits per heavy atom. The second-order valence-corrected chi connectivity index (χ2v) is 6.65. The SMILES string of the molecule is COc1ccc(/C=C2/SC(=O)N(CNc3ccc(Cl)cc3)C2=O)cc1. The van der Waals surface area contributed by atoms with Crippen LogP contribution in [0.3, 0.4) is 0 Å². The van der Waals surface area contributed by atoms with Gasteiger partial charge in [-0.05, 0) is 59.8 Å². The third kappa shape index (κ3) is 4.15. The van der Waals surface area contributed by atoms with Crippen LogP contribution in [0.15, 0.2) is 53.4 Å². The number of nitrogens with zero attached hydrogens (tertiary/aromatic N) is 1. The van der Waals surface area contributed by atoms with Gasteiger partial charge in [-0.3, -0.25) is 14.5 Å². The second kappa shape index (κ2) is 7.63. The molecule has 1 aliphatic rings. The largest absolute Gasteiger partial charge is 0.497 e. The van der Waals surface area contributed by atoms with Crippen LogP contribution < -0.4 is 10.1 Å². The first kappa shape index (κ1) is 17.4. The summed E-state index contributed by atoms with van der Waals surface area (Å²) in [5, 5.41) is 3.37. The molecule has 25 heavy (non-hydrogen) atoms. The van der Waals surface area contributed by atoms with Crippen molar-refractivity contribution in [1.29, 1.82) is 0 Å². The number of anilines is 1. The number of carbonyl (C=O) groups excluding carboxylic acids is 2. The Bertz CT molecular complexity index is 819. The first-order chi connectivity index (χ1) is 12.1. The summed E-state index contributed by atoms with van der Waals surface area (Å²) in [6.45, 7) is 0.103. The number of hydrogen-bond acceptors (Lipinski definition) is 5. The molecule has 1 saturated heterocycles. The number of ether oxygens (including phenoxy) is 1. The lowest BCUT2D eigenvalue weighted by Crippen LogP contribution is -2.33. The molecule has 5 nitrogen and oxygen atoms in total. The highest BCUT2D eigenvalue weighted by molar-refractivity contribution is 8.18. The van der Waals surface area contributed by atoms with Crippen LogP contribution in [-0.4, -0.2) is 29.8 Å². The summed E-state index contributed by atoms with van der Waals surface area (Å²) in [5.41, 5.74) is 1.61. The molecule has 1 N–H and O–H groups in total. The molecule has 1 aliphatic heterocycles. The number of methoxy groups -OCH3 is 1. The number of amides is 2. The summed E-state index contributed by atoms with van der Waals surface area (Å²) < 4.78 is 5.10. The average molecular weight is 375 g/mol. The lowest BCUT2D eigenvalue weighted by atomic mass is 10.2. The number of imide groups is 1. The molecule has 2 amide bonds. The molecule has 2 aromatic carbocycles. The fourth-order valence-electron chi connectivity index (χ4n) is 2.23. The summed E-state index contributed by atoms with van der Waals surface area (Å²) in [7, 11) is 1.59. The van der Waals surface area contributed by atoms with Gasteiger partial charge in [0.05, 0.1) is 18.7 Å². The number of halogens is 1. The molecule has 0 saturated carbocycles. The normalized spacial score (nSPS) is 15.8. The third-order valence-electron chi connectivity index (χ3n) is 3.57. The van der Waals surface area contributed by atoms with Gasteiger partial charge in [-0.1, -0.05) is 23.7 Å². The van der Waals surface area contributed by atoms with Gasteiger partial charge in [0.2, 0.25) is 0 Å². The van der Waals surface area contributed by atoms with E-state index >= 15 is 0 Å². The zero-order valence-corrected chi connectivity index (χ0v) is 14.9. The Hall–Kier alpha value is -2.44. The predicted octanol–water partition coefficient (Wildman–Crippen LogP) is 4.45. The average Bonchev–Trinajstić information content (AvgIpc) is 2.89. The molecule has 7 heteroatoms. The molecule has 128 valence electrons. The predicted molar refractivity (Wildman–Crippen MR) is 101 cm³/mol. The number of benzene rings is 2. The number of rotatable bonds is 5. The van der Waals surface area contributed by atoms with Crippen LogP contribution in [-0.2, 0) is 4.79 Å². The quantitative estimate of drug-likeness (QED) is 0.783. The number of thioether (sulfide) groups is 1. The van der Waals surface area contributed by atoms with E-state index in [0.717, 1.165) is 28.8 Å². The Balaban J connectivity index is 1.68. The maximum absolute atomic E-state index is 12.4. The summed E-state index contributed by atoms with van der Waals surface area (Å²) in [4.78, 5) is 26.1. The highest BCUT2D eigenvalue weighted by atomic mass is 35.5. The molecule has 3 rings (SSSR count). The fourth-order valence-corrected chi connectivity index (χ4v) is 3.19. The van der Waals surface area contributed by atoms with Crippen LogP contribution in [0.1, 0.15) is 5.56 Å². The van der Waals surface area contributed by atoms with Gasteiger partial charge in [-0.2, -0.15) is 0 Å². The molecule has 0 aromatic heterocycles. The van der Waals surface area contributed by atoms with E-state index in [2.05, 4.69) is 5.32 Å². The van der Waals surface area contributed by atoms with E-state index in [4.69, 9.17) is 16.3 Å². The lowest BCUT2D eigenvalue weighted by molar-refractivity contribution is -0.122. The summed E-state index contributed by atoms with van der Waals surface area (Å²) in [5.74, 6) is 0.421. The zero-order valence-electron chi connectivity index (χ0n) is 13.4. The van der Waals surface area contributed by atoms with Gasteiger partial charge in [0, 0.05) is 10.7 Å². The Morgan fingerprint density at radius 2 is 1.80 bits per heavy atom. The summed E-state index contributed by atoms with van der Waals surface area (Å²) in [6.07, 6.45) is 1.70. The van der Waals surface area contributed by atoms with Crippen LogP contribution in [0.5, 0.6) is 5.75 Å². The fraction of sp³-hybridized carbons (Fsp3) is 0.111. The van der Waals surface area contributed by atoms with Crippen molar-refractivity contribution in [3.63, 3.8) is 0 Å². The topological polar surface area (TPSA) is 58.6 Å². The van der Waals surface area contributed by atoms with Gasteiger partial charge >= 0.3 is 0 Å². The highest BCUT2D eigenvalue weighted by Gasteiger charge is 2.34. The molecule has 0 unspecified atom stereocenters. The monoisotopic (exact) mass is 374 g/mol. The molecular weight excluding hydrogens is 360 g/mol. The maximum atomic E-state index is 12.4.